The van der Waals surface area contributed by atoms with E-state index in [4.69, 9.17) is 23.2 Å². The van der Waals surface area contributed by atoms with E-state index in [1.165, 1.54) is 22.5 Å². The van der Waals surface area contributed by atoms with Crippen LogP contribution in [0.4, 0.5) is 0 Å². The second-order valence-corrected chi connectivity index (χ2v) is 7.21. The van der Waals surface area contributed by atoms with E-state index >= 15 is 0 Å². The van der Waals surface area contributed by atoms with Gasteiger partial charge in [0.15, 0.2) is 0 Å². The normalized spacial score (nSPS) is 12.9. The lowest BCUT2D eigenvalue weighted by atomic mass is 10.0. The van der Waals surface area contributed by atoms with Gasteiger partial charge in [-0.1, -0.05) is 30.1 Å². The molecule has 0 aromatic carbocycles. The van der Waals surface area contributed by atoms with Crippen LogP contribution in [0.1, 0.15) is 36.1 Å². The molecule has 1 N–H and O–H groups in total. The molecule has 0 fully saturated rings. The second-order valence-electron chi connectivity index (χ2n) is 4.18. The van der Waals surface area contributed by atoms with Crippen LogP contribution in [0.3, 0.4) is 0 Å². The Labute approximate surface area is 126 Å². The van der Waals surface area contributed by atoms with Gasteiger partial charge in [0.1, 0.15) is 0 Å². The summed E-state index contributed by atoms with van der Waals surface area (Å²) in [6.45, 7) is 5.25. The molecule has 2 heterocycles. The van der Waals surface area contributed by atoms with Gasteiger partial charge in [-0.25, -0.2) is 0 Å². The maximum absolute atomic E-state index is 6.29. The monoisotopic (exact) mass is 319 g/mol. The Hall–Kier alpha value is -0.0600. The molecule has 0 aliphatic carbocycles. The molecule has 0 saturated heterocycles. The molecule has 0 spiro atoms. The molecule has 0 radical (unpaired) electrons. The van der Waals surface area contributed by atoms with E-state index in [9.17, 15) is 0 Å². The highest BCUT2D eigenvalue weighted by Crippen LogP contribution is 2.38. The minimum Gasteiger partial charge on any atom is -0.306 e. The van der Waals surface area contributed by atoms with E-state index in [1.807, 2.05) is 6.07 Å². The molecule has 0 aliphatic rings. The van der Waals surface area contributed by atoms with E-state index in [-0.39, 0.29) is 6.04 Å². The van der Waals surface area contributed by atoms with Gasteiger partial charge < -0.3 is 5.32 Å². The van der Waals surface area contributed by atoms with Crippen molar-refractivity contribution in [2.75, 3.05) is 6.54 Å². The highest BCUT2D eigenvalue weighted by molar-refractivity contribution is 7.20. The summed E-state index contributed by atoms with van der Waals surface area (Å²) >= 11 is 15.5. The Morgan fingerprint density at radius 3 is 2.56 bits per heavy atom. The standard InChI is InChI=1S/C13H15Cl2NS2/c1-3-4-16-12(10-7-17-6-8(10)2)9-5-11(14)18-13(9)15/h5-7,12,16H,3-4H2,1-2H3. The number of rotatable bonds is 5. The van der Waals surface area contributed by atoms with Crippen molar-refractivity contribution < 1.29 is 0 Å². The van der Waals surface area contributed by atoms with Crippen LogP contribution in [0.25, 0.3) is 0 Å². The molecular formula is C13H15Cl2NS2. The van der Waals surface area contributed by atoms with Gasteiger partial charge in [0.2, 0.25) is 0 Å². The molecule has 0 bridgehead atoms. The summed E-state index contributed by atoms with van der Waals surface area (Å²) in [5.41, 5.74) is 3.68. The average Bonchev–Trinajstić information content (AvgIpc) is 2.87. The van der Waals surface area contributed by atoms with Crippen molar-refractivity contribution >= 4 is 45.9 Å². The summed E-state index contributed by atoms with van der Waals surface area (Å²) in [7, 11) is 0. The predicted octanol–water partition coefficient (Wildman–Crippen LogP) is 5.51. The molecule has 2 aromatic rings. The maximum Gasteiger partial charge on any atom is 0.0995 e. The molecule has 1 nitrogen and oxygen atoms in total. The summed E-state index contributed by atoms with van der Waals surface area (Å²) in [6.07, 6.45) is 1.09. The van der Waals surface area contributed by atoms with Gasteiger partial charge in [0.25, 0.3) is 0 Å². The molecule has 2 rings (SSSR count). The van der Waals surface area contributed by atoms with E-state index in [2.05, 4.69) is 29.9 Å². The zero-order valence-electron chi connectivity index (χ0n) is 10.3. The third-order valence-electron chi connectivity index (χ3n) is 2.80. The van der Waals surface area contributed by atoms with Gasteiger partial charge in [-0.2, -0.15) is 11.3 Å². The van der Waals surface area contributed by atoms with Crippen LogP contribution in [0.5, 0.6) is 0 Å². The Balaban J connectivity index is 2.37. The lowest BCUT2D eigenvalue weighted by Gasteiger charge is -2.18. The quantitative estimate of drug-likeness (QED) is 0.765. The van der Waals surface area contributed by atoms with Gasteiger partial charge in [0.05, 0.1) is 14.7 Å². The SMILES string of the molecule is CCCNC(c1cscc1C)c1cc(Cl)sc1Cl. The number of nitrogens with one attached hydrogen (secondary N) is 1. The molecule has 18 heavy (non-hydrogen) atoms. The Kier molecular flexibility index (Phi) is 5.10. The lowest BCUT2D eigenvalue weighted by Crippen LogP contribution is -2.23. The molecule has 0 aliphatic heterocycles. The maximum atomic E-state index is 6.29. The number of hydrogen-bond donors (Lipinski definition) is 1. The van der Waals surface area contributed by atoms with Crippen molar-refractivity contribution in [3.05, 3.63) is 42.2 Å². The van der Waals surface area contributed by atoms with Gasteiger partial charge in [-0.3, -0.25) is 0 Å². The first-order chi connectivity index (χ1) is 8.63. The first-order valence-electron chi connectivity index (χ1n) is 5.84. The first kappa shape index (κ1) is 14.4. The van der Waals surface area contributed by atoms with Crippen molar-refractivity contribution in [2.24, 2.45) is 0 Å². The van der Waals surface area contributed by atoms with E-state index in [1.54, 1.807) is 11.3 Å². The number of aryl methyl sites for hydroxylation is 1. The minimum atomic E-state index is 0.146. The number of halogens is 2. The lowest BCUT2D eigenvalue weighted by molar-refractivity contribution is 0.599. The molecule has 0 saturated carbocycles. The van der Waals surface area contributed by atoms with Gasteiger partial charge in [-0.15, -0.1) is 11.3 Å². The van der Waals surface area contributed by atoms with Crippen molar-refractivity contribution in [3.63, 3.8) is 0 Å². The first-order valence-corrected chi connectivity index (χ1v) is 8.35. The van der Waals surface area contributed by atoms with Gasteiger partial charge in [-0.05, 0) is 47.8 Å². The Morgan fingerprint density at radius 2 is 2.06 bits per heavy atom. The number of thiophene rings is 2. The highest BCUT2D eigenvalue weighted by atomic mass is 35.5. The molecular weight excluding hydrogens is 305 g/mol. The van der Waals surface area contributed by atoms with Crippen LogP contribution in [-0.4, -0.2) is 6.54 Å². The van der Waals surface area contributed by atoms with Crippen molar-refractivity contribution in [1.82, 2.24) is 5.32 Å². The molecule has 1 atom stereocenters. The molecule has 5 heteroatoms. The van der Waals surface area contributed by atoms with Gasteiger partial charge >= 0.3 is 0 Å². The summed E-state index contributed by atoms with van der Waals surface area (Å²) in [5.74, 6) is 0. The zero-order valence-corrected chi connectivity index (χ0v) is 13.4. The third kappa shape index (κ3) is 3.09. The van der Waals surface area contributed by atoms with E-state index < -0.39 is 0 Å². The molecule has 2 aromatic heterocycles. The molecule has 0 amide bonds. The van der Waals surface area contributed by atoms with Crippen LogP contribution in [0.2, 0.25) is 8.67 Å². The smallest absolute Gasteiger partial charge is 0.0995 e. The van der Waals surface area contributed by atoms with Crippen LogP contribution in [0, 0.1) is 6.92 Å². The van der Waals surface area contributed by atoms with Gasteiger partial charge in [0, 0.05) is 5.56 Å². The van der Waals surface area contributed by atoms with Crippen LogP contribution >= 0.6 is 45.9 Å². The summed E-state index contributed by atoms with van der Waals surface area (Å²) in [4.78, 5) is 0. The zero-order chi connectivity index (χ0) is 13.1. The van der Waals surface area contributed by atoms with Crippen LogP contribution in [-0.2, 0) is 0 Å². The Morgan fingerprint density at radius 1 is 1.28 bits per heavy atom. The fraction of sp³-hybridized carbons (Fsp3) is 0.385. The third-order valence-corrected chi connectivity index (χ3v) is 5.20. The fourth-order valence-corrected chi connectivity index (χ4v) is 4.30. The van der Waals surface area contributed by atoms with Crippen LogP contribution < -0.4 is 5.32 Å². The number of hydrogen-bond acceptors (Lipinski definition) is 3. The predicted molar refractivity (Wildman–Crippen MR) is 83.5 cm³/mol. The largest absolute Gasteiger partial charge is 0.306 e. The van der Waals surface area contributed by atoms with E-state index in [0.29, 0.717) is 0 Å². The highest BCUT2D eigenvalue weighted by Gasteiger charge is 2.20. The second kappa shape index (κ2) is 6.40. The summed E-state index contributed by atoms with van der Waals surface area (Å²) < 4.78 is 1.52. The van der Waals surface area contributed by atoms with Crippen molar-refractivity contribution in [2.45, 2.75) is 26.3 Å². The summed E-state index contributed by atoms with van der Waals surface area (Å²) in [6, 6.07) is 2.12. The Bertz CT molecular complexity index is 519. The molecule has 1 unspecified atom stereocenters. The van der Waals surface area contributed by atoms with Crippen molar-refractivity contribution in [1.29, 1.82) is 0 Å². The van der Waals surface area contributed by atoms with Crippen molar-refractivity contribution in [3.8, 4) is 0 Å². The average molecular weight is 320 g/mol. The topological polar surface area (TPSA) is 12.0 Å². The fourth-order valence-electron chi connectivity index (χ4n) is 1.89. The summed E-state index contributed by atoms with van der Waals surface area (Å²) in [5, 5.41) is 7.90. The van der Waals surface area contributed by atoms with E-state index in [0.717, 1.165) is 27.2 Å². The molecule has 98 valence electrons. The minimum absolute atomic E-state index is 0.146. The van der Waals surface area contributed by atoms with Crippen LogP contribution in [0.15, 0.2) is 16.8 Å².